The molecule has 0 aliphatic carbocycles. The van der Waals surface area contributed by atoms with Crippen LogP contribution in [0, 0.1) is 0 Å². The van der Waals surface area contributed by atoms with Crippen molar-refractivity contribution in [1.29, 1.82) is 0 Å². The van der Waals surface area contributed by atoms with Gasteiger partial charge in [0.25, 0.3) is 0 Å². The molecule has 0 aromatic rings. The third-order valence-electron chi connectivity index (χ3n) is 2.81. The molecular weight excluding hydrogens is 258 g/mol. The van der Waals surface area contributed by atoms with Crippen LogP contribution < -0.4 is 5.32 Å². The van der Waals surface area contributed by atoms with E-state index in [0.717, 1.165) is 18.6 Å². The van der Waals surface area contributed by atoms with Gasteiger partial charge in [0.15, 0.2) is 9.84 Å². The highest BCUT2D eigenvalue weighted by Crippen LogP contribution is 2.15. The van der Waals surface area contributed by atoms with Crippen LogP contribution in [0.15, 0.2) is 0 Å². The Morgan fingerprint density at radius 1 is 1.53 bits per heavy atom. The van der Waals surface area contributed by atoms with Crippen molar-refractivity contribution in [3.05, 3.63) is 0 Å². The van der Waals surface area contributed by atoms with Crippen LogP contribution >= 0.6 is 11.8 Å². The molecule has 17 heavy (non-hydrogen) atoms. The summed E-state index contributed by atoms with van der Waals surface area (Å²) in [5, 5.41) is 2.73. The number of hydrogen-bond donors (Lipinski definition) is 1. The smallest absolute Gasteiger partial charge is 0.233 e. The lowest BCUT2D eigenvalue weighted by molar-refractivity contribution is -0.120. The fraction of sp³-hybridized carbons (Fsp3) is 0.909. The molecule has 1 fully saturated rings. The fourth-order valence-corrected chi connectivity index (χ4v) is 4.41. The molecule has 100 valence electrons. The van der Waals surface area contributed by atoms with Crippen molar-refractivity contribution in [1.82, 2.24) is 5.32 Å². The largest absolute Gasteiger partial charge is 0.351 e. The predicted molar refractivity (Wildman–Crippen MR) is 72.0 cm³/mol. The monoisotopic (exact) mass is 279 g/mol. The summed E-state index contributed by atoms with van der Waals surface area (Å²) in [7, 11) is -2.91. The molecule has 0 spiro atoms. The highest BCUT2D eigenvalue weighted by atomic mass is 32.2. The SMILES string of the molecule is CCCCSC(C)C(=O)NC1CCS(=O)(=O)C1. The van der Waals surface area contributed by atoms with Gasteiger partial charge in [0.1, 0.15) is 0 Å². The summed E-state index contributed by atoms with van der Waals surface area (Å²) in [5.41, 5.74) is 0. The Bertz CT molecular complexity index is 354. The molecule has 1 heterocycles. The Balaban J connectivity index is 2.29. The van der Waals surface area contributed by atoms with Gasteiger partial charge in [-0.15, -0.1) is 11.8 Å². The molecule has 0 aromatic heterocycles. The van der Waals surface area contributed by atoms with Crippen LogP contribution in [0.25, 0.3) is 0 Å². The Hall–Kier alpha value is -0.230. The highest BCUT2D eigenvalue weighted by Gasteiger charge is 2.29. The lowest BCUT2D eigenvalue weighted by Crippen LogP contribution is -2.40. The van der Waals surface area contributed by atoms with Gasteiger partial charge in [0, 0.05) is 6.04 Å². The van der Waals surface area contributed by atoms with Gasteiger partial charge in [0.05, 0.1) is 16.8 Å². The van der Waals surface area contributed by atoms with Crippen LogP contribution in [0.1, 0.15) is 33.1 Å². The van der Waals surface area contributed by atoms with Crippen molar-refractivity contribution in [2.45, 2.75) is 44.4 Å². The van der Waals surface area contributed by atoms with Gasteiger partial charge in [-0.25, -0.2) is 8.42 Å². The average molecular weight is 279 g/mol. The molecule has 0 aromatic carbocycles. The summed E-state index contributed by atoms with van der Waals surface area (Å²) < 4.78 is 22.5. The van der Waals surface area contributed by atoms with Crippen molar-refractivity contribution < 1.29 is 13.2 Å². The van der Waals surface area contributed by atoms with Gasteiger partial charge in [-0.1, -0.05) is 13.3 Å². The van der Waals surface area contributed by atoms with E-state index in [0.29, 0.717) is 6.42 Å². The normalized spacial score (nSPS) is 24.5. The molecule has 2 atom stereocenters. The second-order valence-corrected chi connectivity index (χ2v) is 8.15. The molecule has 1 aliphatic rings. The molecule has 2 unspecified atom stereocenters. The van der Waals surface area contributed by atoms with Crippen LogP contribution in [-0.4, -0.2) is 42.9 Å². The number of amides is 1. The van der Waals surface area contributed by atoms with E-state index in [1.54, 1.807) is 11.8 Å². The Morgan fingerprint density at radius 3 is 2.76 bits per heavy atom. The van der Waals surface area contributed by atoms with E-state index >= 15 is 0 Å². The molecule has 1 N–H and O–H groups in total. The molecule has 0 saturated carbocycles. The maximum Gasteiger partial charge on any atom is 0.233 e. The molecule has 0 bridgehead atoms. The van der Waals surface area contributed by atoms with E-state index < -0.39 is 9.84 Å². The average Bonchev–Trinajstić information content (AvgIpc) is 2.58. The third kappa shape index (κ3) is 5.29. The summed E-state index contributed by atoms with van der Waals surface area (Å²) >= 11 is 1.63. The third-order valence-corrected chi connectivity index (χ3v) is 5.82. The number of sulfone groups is 1. The molecule has 1 saturated heterocycles. The minimum Gasteiger partial charge on any atom is -0.351 e. The summed E-state index contributed by atoms with van der Waals surface area (Å²) in [6, 6.07) is -0.179. The fourth-order valence-electron chi connectivity index (χ4n) is 1.71. The Morgan fingerprint density at radius 2 is 2.24 bits per heavy atom. The zero-order valence-corrected chi connectivity index (χ0v) is 12.1. The highest BCUT2D eigenvalue weighted by molar-refractivity contribution is 8.00. The van der Waals surface area contributed by atoms with Gasteiger partial charge >= 0.3 is 0 Å². The number of carbonyl (C=O) groups is 1. The maximum atomic E-state index is 11.8. The van der Waals surface area contributed by atoms with Crippen LogP contribution in [0.5, 0.6) is 0 Å². The minimum absolute atomic E-state index is 0.0341. The van der Waals surface area contributed by atoms with Crippen LogP contribution in [0.4, 0.5) is 0 Å². The number of rotatable bonds is 6. The first-order chi connectivity index (χ1) is 7.94. The first-order valence-corrected chi connectivity index (χ1v) is 8.94. The number of unbranched alkanes of at least 4 members (excludes halogenated alkanes) is 1. The van der Waals surface area contributed by atoms with Gasteiger partial charge in [-0.3, -0.25) is 4.79 Å². The number of nitrogens with one attached hydrogen (secondary N) is 1. The van der Waals surface area contributed by atoms with E-state index in [-0.39, 0.29) is 28.7 Å². The second-order valence-electron chi connectivity index (χ2n) is 4.48. The van der Waals surface area contributed by atoms with Gasteiger partial charge in [-0.05, 0) is 25.5 Å². The van der Waals surface area contributed by atoms with Gasteiger partial charge < -0.3 is 5.32 Å². The molecular formula is C11H21NO3S2. The molecule has 1 aliphatic heterocycles. The lowest BCUT2D eigenvalue weighted by atomic mass is 10.2. The zero-order valence-electron chi connectivity index (χ0n) is 10.4. The van der Waals surface area contributed by atoms with Gasteiger partial charge in [-0.2, -0.15) is 0 Å². The summed E-state index contributed by atoms with van der Waals surface area (Å²) in [5.74, 6) is 1.25. The van der Waals surface area contributed by atoms with Crippen molar-refractivity contribution >= 4 is 27.5 Å². The van der Waals surface area contributed by atoms with E-state index in [1.807, 2.05) is 6.92 Å². The van der Waals surface area contributed by atoms with E-state index in [4.69, 9.17) is 0 Å². The van der Waals surface area contributed by atoms with Crippen LogP contribution in [0.3, 0.4) is 0 Å². The predicted octanol–water partition coefficient (Wildman–Crippen LogP) is 1.21. The first kappa shape index (κ1) is 14.8. The molecule has 4 nitrogen and oxygen atoms in total. The molecule has 6 heteroatoms. The quantitative estimate of drug-likeness (QED) is 0.742. The lowest BCUT2D eigenvalue weighted by Gasteiger charge is -2.15. The zero-order chi connectivity index (χ0) is 12.9. The Labute approximate surface area is 108 Å². The minimum atomic E-state index is -2.91. The summed E-state index contributed by atoms with van der Waals surface area (Å²) in [6.07, 6.45) is 2.79. The van der Waals surface area contributed by atoms with Crippen molar-refractivity contribution in [2.75, 3.05) is 17.3 Å². The second kappa shape index (κ2) is 6.64. The number of thioether (sulfide) groups is 1. The van der Waals surface area contributed by atoms with Crippen molar-refractivity contribution in [2.24, 2.45) is 0 Å². The van der Waals surface area contributed by atoms with Crippen LogP contribution in [-0.2, 0) is 14.6 Å². The maximum absolute atomic E-state index is 11.8. The standard InChI is InChI=1S/C11H21NO3S2/c1-3-4-6-16-9(2)11(13)12-10-5-7-17(14,15)8-10/h9-10H,3-8H2,1-2H3,(H,12,13). The van der Waals surface area contributed by atoms with Crippen molar-refractivity contribution in [3.63, 3.8) is 0 Å². The van der Waals surface area contributed by atoms with Crippen molar-refractivity contribution in [3.8, 4) is 0 Å². The molecule has 1 amide bonds. The first-order valence-electron chi connectivity index (χ1n) is 6.07. The summed E-state index contributed by atoms with van der Waals surface area (Å²) in [6.45, 7) is 3.99. The van der Waals surface area contributed by atoms with E-state index in [1.165, 1.54) is 0 Å². The molecule has 1 rings (SSSR count). The number of hydrogen-bond acceptors (Lipinski definition) is 4. The Kier molecular flexibility index (Phi) is 5.79. The van der Waals surface area contributed by atoms with E-state index in [2.05, 4.69) is 12.2 Å². The van der Waals surface area contributed by atoms with Gasteiger partial charge in [0.2, 0.25) is 5.91 Å². The topological polar surface area (TPSA) is 63.2 Å². The van der Waals surface area contributed by atoms with E-state index in [9.17, 15) is 13.2 Å². The molecule has 0 radical (unpaired) electrons. The summed E-state index contributed by atoms with van der Waals surface area (Å²) in [4.78, 5) is 11.8. The number of carbonyl (C=O) groups excluding carboxylic acids is 1. The van der Waals surface area contributed by atoms with Crippen LogP contribution in [0.2, 0.25) is 0 Å².